The van der Waals surface area contributed by atoms with Crippen molar-refractivity contribution >= 4 is 5.69 Å². The van der Waals surface area contributed by atoms with Crippen LogP contribution in [0, 0.1) is 5.92 Å². The van der Waals surface area contributed by atoms with E-state index in [0.29, 0.717) is 5.92 Å². The number of nitrogens with zero attached hydrogens (tertiary/aromatic N) is 1. The summed E-state index contributed by atoms with van der Waals surface area (Å²) in [6, 6.07) is 8.00. The summed E-state index contributed by atoms with van der Waals surface area (Å²) in [4.78, 5) is 2.36. The lowest BCUT2D eigenvalue weighted by molar-refractivity contribution is 0.0321. The van der Waals surface area contributed by atoms with E-state index in [4.69, 9.17) is 5.73 Å². The van der Waals surface area contributed by atoms with Crippen LogP contribution >= 0.6 is 0 Å². The number of nitrogens with two attached hydrogens (primary N) is 1. The number of benzene rings is 1. The molecule has 1 saturated heterocycles. The summed E-state index contributed by atoms with van der Waals surface area (Å²) in [5.74, 6) is 0.360. The zero-order chi connectivity index (χ0) is 11.5. The molecule has 0 spiro atoms. The number of hydrogen-bond donors (Lipinski definition) is 2. The third-order valence-electron chi connectivity index (χ3n) is 3.39. The standard InChI is InChI=1S/C13H20N2O/c1-10-8-15(7-6-13(10)16)9-11-4-2-3-5-12(11)14/h2-5,10,13,16H,6-9,14H2,1H3. The van der Waals surface area contributed by atoms with Gasteiger partial charge < -0.3 is 10.8 Å². The third-order valence-corrected chi connectivity index (χ3v) is 3.39. The van der Waals surface area contributed by atoms with Crippen LogP contribution in [0.15, 0.2) is 24.3 Å². The van der Waals surface area contributed by atoms with Crippen molar-refractivity contribution in [3.05, 3.63) is 29.8 Å². The Labute approximate surface area is 96.9 Å². The van der Waals surface area contributed by atoms with E-state index >= 15 is 0 Å². The van der Waals surface area contributed by atoms with Crippen molar-refractivity contribution in [1.29, 1.82) is 0 Å². The van der Waals surface area contributed by atoms with Gasteiger partial charge in [0.25, 0.3) is 0 Å². The molecular weight excluding hydrogens is 200 g/mol. The molecule has 1 aromatic rings. The van der Waals surface area contributed by atoms with E-state index in [1.54, 1.807) is 0 Å². The number of aliphatic hydroxyl groups is 1. The molecule has 2 rings (SSSR count). The van der Waals surface area contributed by atoms with Crippen molar-refractivity contribution < 1.29 is 5.11 Å². The first kappa shape index (κ1) is 11.4. The highest BCUT2D eigenvalue weighted by molar-refractivity contribution is 5.46. The second-order valence-corrected chi connectivity index (χ2v) is 4.77. The highest BCUT2D eigenvalue weighted by atomic mass is 16.3. The average Bonchev–Trinajstić information content (AvgIpc) is 2.27. The molecule has 2 unspecified atom stereocenters. The molecule has 3 heteroatoms. The van der Waals surface area contributed by atoms with E-state index in [9.17, 15) is 5.11 Å². The molecule has 1 fully saturated rings. The molecule has 0 aliphatic carbocycles. The maximum Gasteiger partial charge on any atom is 0.0590 e. The molecule has 3 nitrogen and oxygen atoms in total. The predicted molar refractivity (Wildman–Crippen MR) is 65.9 cm³/mol. The van der Waals surface area contributed by atoms with Gasteiger partial charge in [0.15, 0.2) is 0 Å². The topological polar surface area (TPSA) is 49.5 Å². The lowest BCUT2D eigenvalue weighted by Gasteiger charge is -2.34. The summed E-state index contributed by atoms with van der Waals surface area (Å²) in [6.07, 6.45) is 0.734. The number of anilines is 1. The van der Waals surface area contributed by atoms with Gasteiger partial charge in [0, 0.05) is 25.3 Å². The number of nitrogen functional groups attached to an aromatic ring is 1. The van der Waals surface area contributed by atoms with Crippen molar-refractivity contribution in [2.45, 2.75) is 26.0 Å². The molecule has 0 bridgehead atoms. The third kappa shape index (κ3) is 2.54. The quantitative estimate of drug-likeness (QED) is 0.742. The van der Waals surface area contributed by atoms with Gasteiger partial charge in [0.2, 0.25) is 0 Å². The summed E-state index contributed by atoms with van der Waals surface area (Å²) >= 11 is 0. The highest BCUT2D eigenvalue weighted by Crippen LogP contribution is 2.20. The summed E-state index contributed by atoms with van der Waals surface area (Å²) in [6.45, 7) is 4.91. The van der Waals surface area contributed by atoms with E-state index in [2.05, 4.69) is 17.9 Å². The maximum absolute atomic E-state index is 9.66. The van der Waals surface area contributed by atoms with Crippen LogP contribution in [-0.4, -0.2) is 29.2 Å². The van der Waals surface area contributed by atoms with Gasteiger partial charge in [-0.2, -0.15) is 0 Å². The fraction of sp³-hybridized carbons (Fsp3) is 0.538. The monoisotopic (exact) mass is 220 g/mol. The summed E-state index contributed by atoms with van der Waals surface area (Å²) in [5, 5.41) is 9.66. The Morgan fingerprint density at radius 2 is 2.19 bits per heavy atom. The number of rotatable bonds is 2. The number of likely N-dealkylation sites (tertiary alicyclic amines) is 1. The van der Waals surface area contributed by atoms with Gasteiger partial charge in [0.1, 0.15) is 0 Å². The number of hydrogen-bond acceptors (Lipinski definition) is 3. The zero-order valence-corrected chi connectivity index (χ0v) is 9.76. The Morgan fingerprint density at radius 3 is 2.88 bits per heavy atom. The van der Waals surface area contributed by atoms with Crippen molar-refractivity contribution in [2.75, 3.05) is 18.8 Å². The Bertz CT molecular complexity index is 354. The number of aliphatic hydroxyl groups excluding tert-OH is 1. The molecule has 3 N–H and O–H groups in total. The molecule has 16 heavy (non-hydrogen) atoms. The van der Waals surface area contributed by atoms with Gasteiger partial charge in [0.05, 0.1) is 6.10 Å². The molecular formula is C13H20N2O. The first-order valence-electron chi connectivity index (χ1n) is 5.90. The van der Waals surface area contributed by atoms with Gasteiger partial charge in [-0.15, -0.1) is 0 Å². The molecule has 2 atom stereocenters. The summed E-state index contributed by atoms with van der Waals surface area (Å²) < 4.78 is 0. The second kappa shape index (κ2) is 4.85. The Hall–Kier alpha value is -1.06. The lowest BCUT2D eigenvalue weighted by Crippen LogP contribution is -2.41. The lowest BCUT2D eigenvalue weighted by atomic mass is 9.96. The van der Waals surface area contributed by atoms with E-state index in [1.807, 2.05) is 18.2 Å². The largest absolute Gasteiger partial charge is 0.398 e. The van der Waals surface area contributed by atoms with Crippen molar-refractivity contribution in [2.24, 2.45) is 5.92 Å². The molecule has 0 aromatic heterocycles. The van der Waals surface area contributed by atoms with E-state index in [0.717, 1.165) is 31.7 Å². The molecule has 1 aromatic carbocycles. The van der Waals surface area contributed by atoms with Crippen LogP contribution in [0.25, 0.3) is 0 Å². The van der Waals surface area contributed by atoms with Crippen LogP contribution in [0.2, 0.25) is 0 Å². The normalized spacial score (nSPS) is 26.9. The SMILES string of the molecule is CC1CN(Cc2ccccc2N)CCC1O. The first-order valence-corrected chi connectivity index (χ1v) is 5.90. The molecule has 0 radical (unpaired) electrons. The van der Waals surface area contributed by atoms with Crippen LogP contribution < -0.4 is 5.73 Å². The first-order chi connectivity index (χ1) is 7.66. The Morgan fingerprint density at radius 1 is 1.44 bits per heavy atom. The number of piperidine rings is 1. The molecule has 1 aliphatic heterocycles. The van der Waals surface area contributed by atoms with Crippen molar-refractivity contribution in [3.8, 4) is 0 Å². The zero-order valence-electron chi connectivity index (χ0n) is 9.76. The van der Waals surface area contributed by atoms with E-state index in [-0.39, 0.29) is 6.10 Å². The van der Waals surface area contributed by atoms with Gasteiger partial charge in [-0.3, -0.25) is 4.90 Å². The minimum absolute atomic E-state index is 0.135. The van der Waals surface area contributed by atoms with Gasteiger partial charge in [-0.25, -0.2) is 0 Å². The van der Waals surface area contributed by atoms with Crippen LogP contribution in [0.4, 0.5) is 5.69 Å². The van der Waals surface area contributed by atoms with Gasteiger partial charge >= 0.3 is 0 Å². The molecule has 88 valence electrons. The average molecular weight is 220 g/mol. The number of para-hydroxylation sites is 1. The van der Waals surface area contributed by atoms with Crippen molar-refractivity contribution in [3.63, 3.8) is 0 Å². The van der Waals surface area contributed by atoms with E-state index < -0.39 is 0 Å². The fourth-order valence-corrected chi connectivity index (χ4v) is 2.28. The smallest absolute Gasteiger partial charge is 0.0590 e. The predicted octanol–water partition coefficient (Wildman–Crippen LogP) is 1.47. The van der Waals surface area contributed by atoms with Gasteiger partial charge in [-0.1, -0.05) is 25.1 Å². The summed E-state index contributed by atoms with van der Waals surface area (Å²) in [5.41, 5.74) is 7.97. The fourth-order valence-electron chi connectivity index (χ4n) is 2.28. The van der Waals surface area contributed by atoms with Crippen LogP contribution in [0.3, 0.4) is 0 Å². The Kier molecular flexibility index (Phi) is 3.46. The minimum atomic E-state index is -0.135. The Balaban J connectivity index is 1.98. The van der Waals surface area contributed by atoms with Gasteiger partial charge in [-0.05, 0) is 24.0 Å². The molecule has 0 amide bonds. The molecule has 1 heterocycles. The second-order valence-electron chi connectivity index (χ2n) is 4.77. The van der Waals surface area contributed by atoms with Crippen molar-refractivity contribution in [1.82, 2.24) is 4.90 Å². The maximum atomic E-state index is 9.66. The summed E-state index contributed by atoms with van der Waals surface area (Å²) in [7, 11) is 0. The minimum Gasteiger partial charge on any atom is -0.398 e. The van der Waals surface area contributed by atoms with Crippen LogP contribution in [0.1, 0.15) is 18.9 Å². The molecule has 0 saturated carbocycles. The van der Waals surface area contributed by atoms with Crippen LogP contribution in [-0.2, 0) is 6.54 Å². The van der Waals surface area contributed by atoms with Crippen LogP contribution in [0.5, 0.6) is 0 Å². The molecule has 1 aliphatic rings. The van der Waals surface area contributed by atoms with E-state index in [1.165, 1.54) is 5.56 Å². The highest BCUT2D eigenvalue weighted by Gasteiger charge is 2.24.